The minimum atomic E-state index is -2.46. The lowest BCUT2D eigenvalue weighted by atomic mass is 10.1. The highest BCUT2D eigenvalue weighted by atomic mass is 19.3. The van der Waals surface area contributed by atoms with Gasteiger partial charge in [-0.05, 0) is 24.6 Å². The van der Waals surface area contributed by atoms with E-state index in [2.05, 4.69) is 4.98 Å². The van der Waals surface area contributed by atoms with Crippen LogP contribution in [0.4, 0.5) is 14.6 Å². The molecule has 2 heterocycles. The number of hydrogen-bond acceptors (Lipinski definition) is 3. The van der Waals surface area contributed by atoms with Crippen LogP contribution in [0, 0.1) is 6.92 Å². The van der Waals surface area contributed by atoms with E-state index in [1.54, 1.807) is 0 Å². The Labute approximate surface area is 116 Å². The molecule has 1 atom stereocenters. The van der Waals surface area contributed by atoms with E-state index in [4.69, 9.17) is 4.74 Å². The van der Waals surface area contributed by atoms with E-state index in [1.165, 1.54) is 0 Å². The maximum atomic E-state index is 12.8. The maximum absolute atomic E-state index is 12.8. The van der Waals surface area contributed by atoms with Crippen molar-refractivity contribution < 1.29 is 13.5 Å². The minimum absolute atomic E-state index is 0.184. The average Bonchev–Trinajstić information content (AvgIpc) is 2.46. The van der Waals surface area contributed by atoms with E-state index >= 15 is 0 Å². The lowest BCUT2D eigenvalue weighted by molar-refractivity contribution is -0.0615. The molecule has 2 aromatic rings. The largest absolute Gasteiger partial charge is 0.369 e. The minimum Gasteiger partial charge on any atom is -0.369 e. The molecule has 5 heteroatoms. The molecule has 0 N–H and O–H groups in total. The second kappa shape index (κ2) is 5.32. The first kappa shape index (κ1) is 13.2. The third-order valence-electron chi connectivity index (χ3n) is 3.56. The zero-order valence-electron chi connectivity index (χ0n) is 11.2. The molecule has 0 radical (unpaired) electrons. The number of alkyl halides is 2. The number of rotatable bonds is 2. The van der Waals surface area contributed by atoms with Crippen LogP contribution in [0.1, 0.15) is 5.56 Å². The number of para-hydroxylation sites is 1. The van der Waals surface area contributed by atoms with Crippen molar-refractivity contribution in [3.8, 4) is 0 Å². The second-order valence-corrected chi connectivity index (χ2v) is 5.01. The van der Waals surface area contributed by atoms with Gasteiger partial charge in [0, 0.05) is 11.9 Å². The summed E-state index contributed by atoms with van der Waals surface area (Å²) in [4.78, 5) is 6.51. The number of fused-ring (bicyclic) bond motifs is 1. The van der Waals surface area contributed by atoms with Crippen LogP contribution in [0.2, 0.25) is 0 Å². The van der Waals surface area contributed by atoms with Crippen molar-refractivity contribution in [3.63, 3.8) is 0 Å². The fourth-order valence-corrected chi connectivity index (χ4v) is 2.55. The third kappa shape index (κ3) is 2.45. The van der Waals surface area contributed by atoms with Crippen molar-refractivity contribution in [2.45, 2.75) is 19.5 Å². The normalized spacial score (nSPS) is 19.8. The van der Waals surface area contributed by atoms with Crippen molar-refractivity contribution >= 4 is 16.7 Å². The molecular weight excluding hydrogens is 262 g/mol. The molecule has 0 aliphatic carbocycles. The molecule has 0 saturated carbocycles. The van der Waals surface area contributed by atoms with Crippen molar-refractivity contribution in [3.05, 3.63) is 35.9 Å². The molecule has 0 spiro atoms. The number of aromatic nitrogens is 1. The van der Waals surface area contributed by atoms with E-state index in [-0.39, 0.29) is 6.54 Å². The Kier molecular flexibility index (Phi) is 3.53. The number of halogens is 2. The van der Waals surface area contributed by atoms with Gasteiger partial charge in [0.15, 0.2) is 0 Å². The number of anilines is 1. The molecule has 1 fully saturated rings. The van der Waals surface area contributed by atoms with Crippen LogP contribution in [0.5, 0.6) is 0 Å². The average molecular weight is 278 g/mol. The van der Waals surface area contributed by atoms with Crippen LogP contribution in [0.3, 0.4) is 0 Å². The first-order valence-electron chi connectivity index (χ1n) is 6.66. The Morgan fingerprint density at radius 1 is 1.35 bits per heavy atom. The molecule has 3 nitrogen and oxygen atoms in total. The second-order valence-electron chi connectivity index (χ2n) is 5.01. The summed E-state index contributed by atoms with van der Waals surface area (Å²) in [5, 5.41) is 1.06. The maximum Gasteiger partial charge on any atom is 0.266 e. The van der Waals surface area contributed by atoms with E-state index in [9.17, 15) is 8.78 Å². The molecule has 1 aliphatic heterocycles. The summed E-state index contributed by atoms with van der Waals surface area (Å²) in [7, 11) is 0. The van der Waals surface area contributed by atoms with Gasteiger partial charge in [-0.25, -0.2) is 13.8 Å². The number of hydrogen-bond donors (Lipinski definition) is 0. The molecule has 0 bridgehead atoms. The Balaban J connectivity index is 1.94. The lowest BCUT2D eigenvalue weighted by Crippen LogP contribution is -2.46. The zero-order chi connectivity index (χ0) is 14.1. The van der Waals surface area contributed by atoms with Gasteiger partial charge in [-0.15, -0.1) is 0 Å². The quantitative estimate of drug-likeness (QED) is 0.844. The Hall–Kier alpha value is -1.75. The first-order valence-corrected chi connectivity index (χ1v) is 6.66. The fourth-order valence-electron chi connectivity index (χ4n) is 2.55. The highest BCUT2D eigenvalue weighted by molar-refractivity contribution is 5.81. The van der Waals surface area contributed by atoms with Crippen LogP contribution in [0.25, 0.3) is 10.9 Å². The molecule has 0 amide bonds. The highest BCUT2D eigenvalue weighted by Crippen LogP contribution is 2.25. The molecule has 3 rings (SSSR count). The van der Waals surface area contributed by atoms with Crippen LogP contribution < -0.4 is 4.90 Å². The molecule has 106 valence electrons. The summed E-state index contributed by atoms with van der Waals surface area (Å²) in [5.74, 6) is 0.776. The molecule has 1 aromatic heterocycles. The van der Waals surface area contributed by atoms with Gasteiger partial charge < -0.3 is 9.64 Å². The van der Waals surface area contributed by atoms with E-state index < -0.39 is 12.5 Å². The number of pyridine rings is 1. The van der Waals surface area contributed by atoms with Gasteiger partial charge in [0.05, 0.1) is 18.7 Å². The summed E-state index contributed by atoms with van der Waals surface area (Å²) in [6.45, 7) is 3.05. The van der Waals surface area contributed by atoms with E-state index in [0.29, 0.717) is 13.2 Å². The van der Waals surface area contributed by atoms with Gasteiger partial charge in [-0.3, -0.25) is 0 Å². The number of aryl methyl sites for hydroxylation is 1. The van der Waals surface area contributed by atoms with Crippen molar-refractivity contribution in [2.75, 3.05) is 24.6 Å². The summed E-state index contributed by atoms with van der Waals surface area (Å²) in [5.41, 5.74) is 1.88. The van der Waals surface area contributed by atoms with Crippen LogP contribution >= 0.6 is 0 Å². The molecule has 1 saturated heterocycles. The predicted molar refractivity (Wildman–Crippen MR) is 74.4 cm³/mol. The van der Waals surface area contributed by atoms with Crippen LogP contribution in [-0.2, 0) is 4.74 Å². The van der Waals surface area contributed by atoms with Gasteiger partial charge in [0.25, 0.3) is 6.43 Å². The van der Waals surface area contributed by atoms with Gasteiger partial charge in [0.1, 0.15) is 11.9 Å². The monoisotopic (exact) mass is 278 g/mol. The summed E-state index contributed by atoms with van der Waals surface area (Å²) in [6.07, 6.45) is -3.49. The fraction of sp³-hybridized carbons (Fsp3) is 0.400. The van der Waals surface area contributed by atoms with Gasteiger partial charge in [-0.2, -0.15) is 0 Å². The van der Waals surface area contributed by atoms with Crippen molar-refractivity contribution in [2.24, 2.45) is 0 Å². The third-order valence-corrected chi connectivity index (χ3v) is 3.56. The summed E-state index contributed by atoms with van der Waals surface area (Å²) in [6, 6.07) is 9.87. The molecule has 1 aromatic carbocycles. The molecule has 20 heavy (non-hydrogen) atoms. The summed E-state index contributed by atoms with van der Waals surface area (Å²) >= 11 is 0. The topological polar surface area (TPSA) is 25.4 Å². The smallest absolute Gasteiger partial charge is 0.266 e. The van der Waals surface area contributed by atoms with E-state index in [0.717, 1.165) is 22.3 Å². The van der Waals surface area contributed by atoms with Crippen molar-refractivity contribution in [1.82, 2.24) is 4.98 Å². The van der Waals surface area contributed by atoms with Crippen LogP contribution in [0.15, 0.2) is 30.3 Å². The van der Waals surface area contributed by atoms with Gasteiger partial charge >= 0.3 is 0 Å². The SMILES string of the molecule is Cc1cc2ccccc2nc1N1CCOC(C(F)F)C1. The molecule has 1 unspecified atom stereocenters. The molecular formula is C15H16F2N2O. The lowest BCUT2D eigenvalue weighted by Gasteiger charge is -2.34. The van der Waals surface area contributed by atoms with Gasteiger partial charge in [0.2, 0.25) is 0 Å². The van der Waals surface area contributed by atoms with Crippen LogP contribution in [-0.4, -0.2) is 37.2 Å². The summed E-state index contributed by atoms with van der Waals surface area (Å²) < 4.78 is 30.7. The Bertz CT molecular complexity index is 618. The highest BCUT2D eigenvalue weighted by Gasteiger charge is 2.29. The number of morpholine rings is 1. The van der Waals surface area contributed by atoms with Gasteiger partial charge in [-0.1, -0.05) is 18.2 Å². The standard InChI is InChI=1S/C15H16F2N2O/c1-10-8-11-4-2-3-5-12(11)18-15(10)19-6-7-20-13(9-19)14(16)17/h2-5,8,13-14H,6-7,9H2,1H3. The van der Waals surface area contributed by atoms with E-state index in [1.807, 2.05) is 42.2 Å². The predicted octanol–water partition coefficient (Wildman–Crippen LogP) is 3.01. The molecule has 1 aliphatic rings. The number of ether oxygens (including phenoxy) is 1. The number of benzene rings is 1. The van der Waals surface area contributed by atoms with Crippen molar-refractivity contribution in [1.29, 1.82) is 0 Å². The Morgan fingerprint density at radius 2 is 2.15 bits per heavy atom. The first-order chi connectivity index (χ1) is 9.65. The number of nitrogens with zero attached hydrogens (tertiary/aromatic N) is 2. The zero-order valence-corrected chi connectivity index (χ0v) is 11.2. The Morgan fingerprint density at radius 3 is 2.95 bits per heavy atom.